The minimum Gasteiger partial charge on any atom is -0.389 e. The molecule has 0 aromatic heterocycles. The third-order valence-electron chi connectivity index (χ3n) is 1.15. The van der Waals surface area contributed by atoms with E-state index in [9.17, 15) is 8.42 Å². The van der Waals surface area contributed by atoms with Crippen molar-refractivity contribution in [2.24, 2.45) is 0 Å². The molecule has 0 aromatic rings. The minimum atomic E-state index is -3.57. The number of ether oxygens (including phenoxy) is 1. The zero-order valence-corrected chi connectivity index (χ0v) is 8.04. The molecular formula is C6H12N2O4S. The maximum Gasteiger partial charge on any atom is 0.225 e. The average Bonchev–Trinajstić information content (AvgIpc) is 2.02. The summed E-state index contributed by atoms with van der Waals surface area (Å²) < 4.78 is 28.4. The van der Waals surface area contributed by atoms with E-state index in [1.165, 1.54) is 13.2 Å². The van der Waals surface area contributed by atoms with Gasteiger partial charge in [-0.15, -0.1) is 0 Å². The molecule has 0 rings (SSSR count). The standard InChI is InChI=1S/C6H12N2O4S/c1-12-5-6(9)4-8-13(10,11)3-2-7/h6,8-9H,3-5H2,1H3. The molecule has 1 atom stereocenters. The number of nitriles is 1. The monoisotopic (exact) mass is 208 g/mol. The fourth-order valence-corrected chi connectivity index (χ4v) is 1.33. The Bertz CT molecular complexity index is 269. The number of nitrogens with zero attached hydrogens (tertiary/aromatic N) is 1. The number of rotatable bonds is 6. The van der Waals surface area contributed by atoms with Gasteiger partial charge in [-0.1, -0.05) is 0 Å². The van der Waals surface area contributed by atoms with E-state index >= 15 is 0 Å². The lowest BCUT2D eigenvalue weighted by atomic mass is 10.4. The van der Waals surface area contributed by atoms with E-state index in [1.54, 1.807) is 0 Å². The highest BCUT2D eigenvalue weighted by atomic mass is 32.2. The van der Waals surface area contributed by atoms with Crippen LogP contribution in [0.15, 0.2) is 0 Å². The SMILES string of the molecule is COCC(O)CNS(=O)(=O)CC#N. The summed E-state index contributed by atoms with van der Waals surface area (Å²) in [5, 5.41) is 17.2. The Morgan fingerprint density at radius 1 is 1.69 bits per heavy atom. The summed E-state index contributed by atoms with van der Waals surface area (Å²) in [5.41, 5.74) is 0. The van der Waals surface area contributed by atoms with Crippen LogP contribution in [0.2, 0.25) is 0 Å². The molecule has 0 saturated carbocycles. The van der Waals surface area contributed by atoms with Crippen molar-refractivity contribution in [2.75, 3.05) is 26.0 Å². The third kappa shape index (κ3) is 6.48. The topological polar surface area (TPSA) is 99.4 Å². The second-order valence-corrected chi connectivity index (χ2v) is 4.18. The van der Waals surface area contributed by atoms with Crippen molar-refractivity contribution in [3.63, 3.8) is 0 Å². The number of methoxy groups -OCH3 is 1. The maximum absolute atomic E-state index is 10.9. The Morgan fingerprint density at radius 2 is 2.31 bits per heavy atom. The van der Waals surface area contributed by atoms with Crippen molar-refractivity contribution >= 4 is 10.0 Å². The Kier molecular flexibility index (Phi) is 5.57. The maximum atomic E-state index is 10.9. The van der Waals surface area contributed by atoms with Crippen LogP contribution < -0.4 is 4.72 Å². The lowest BCUT2D eigenvalue weighted by Crippen LogP contribution is -2.35. The van der Waals surface area contributed by atoms with Gasteiger partial charge in [-0.05, 0) is 0 Å². The van der Waals surface area contributed by atoms with E-state index in [-0.39, 0.29) is 13.2 Å². The second-order valence-electron chi connectivity index (χ2n) is 2.37. The predicted octanol–water partition coefficient (Wildman–Crippen LogP) is -1.56. The number of hydrogen-bond donors (Lipinski definition) is 2. The first-order valence-corrected chi connectivity index (χ1v) is 5.18. The lowest BCUT2D eigenvalue weighted by molar-refractivity contribution is 0.0679. The fraction of sp³-hybridized carbons (Fsp3) is 0.833. The van der Waals surface area contributed by atoms with Gasteiger partial charge in [0.25, 0.3) is 0 Å². The molecule has 0 aliphatic carbocycles. The van der Waals surface area contributed by atoms with E-state index in [2.05, 4.69) is 9.46 Å². The van der Waals surface area contributed by atoms with Crippen molar-refractivity contribution in [3.05, 3.63) is 0 Å². The largest absolute Gasteiger partial charge is 0.389 e. The van der Waals surface area contributed by atoms with Crippen molar-refractivity contribution in [1.82, 2.24) is 4.72 Å². The van der Waals surface area contributed by atoms with Crippen LogP contribution in [-0.4, -0.2) is 45.6 Å². The first-order valence-electron chi connectivity index (χ1n) is 3.53. The number of nitrogens with one attached hydrogen (secondary N) is 1. The number of sulfonamides is 1. The first kappa shape index (κ1) is 12.3. The Labute approximate surface area is 77.2 Å². The van der Waals surface area contributed by atoms with E-state index in [0.717, 1.165) is 0 Å². The molecule has 0 spiro atoms. The summed E-state index contributed by atoms with van der Waals surface area (Å²) >= 11 is 0. The van der Waals surface area contributed by atoms with Crippen LogP contribution in [0.1, 0.15) is 0 Å². The zero-order chi connectivity index (χ0) is 10.3. The number of hydrogen-bond acceptors (Lipinski definition) is 5. The highest BCUT2D eigenvalue weighted by Gasteiger charge is 2.11. The van der Waals surface area contributed by atoms with Gasteiger partial charge in [0.1, 0.15) is 0 Å². The van der Waals surface area contributed by atoms with Crippen molar-refractivity contribution in [1.29, 1.82) is 5.26 Å². The van der Waals surface area contributed by atoms with Crippen LogP contribution >= 0.6 is 0 Å². The van der Waals surface area contributed by atoms with Gasteiger partial charge in [0.2, 0.25) is 10.0 Å². The molecule has 1 unspecified atom stereocenters. The molecule has 0 saturated heterocycles. The molecule has 7 heteroatoms. The Balaban J connectivity index is 3.82. The minimum absolute atomic E-state index is 0.0507. The summed E-state index contributed by atoms with van der Waals surface area (Å²) in [6.07, 6.45) is -0.890. The van der Waals surface area contributed by atoms with E-state index < -0.39 is 21.9 Å². The van der Waals surface area contributed by atoms with Crippen molar-refractivity contribution in [2.45, 2.75) is 6.10 Å². The Hall–Kier alpha value is -0.680. The number of aliphatic hydroxyl groups excluding tert-OH is 1. The molecule has 76 valence electrons. The molecule has 0 bridgehead atoms. The summed E-state index contributed by atoms with van der Waals surface area (Å²) in [5.74, 6) is -0.604. The zero-order valence-electron chi connectivity index (χ0n) is 7.23. The molecule has 6 nitrogen and oxygen atoms in total. The van der Waals surface area contributed by atoms with Gasteiger partial charge in [-0.3, -0.25) is 0 Å². The van der Waals surface area contributed by atoms with Crippen molar-refractivity contribution < 1.29 is 18.3 Å². The van der Waals surface area contributed by atoms with Crippen LogP contribution in [0.3, 0.4) is 0 Å². The normalized spacial score (nSPS) is 13.6. The summed E-state index contributed by atoms with van der Waals surface area (Å²) in [6.45, 7) is -0.0904. The fourth-order valence-electron chi connectivity index (χ4n) is 0.610. The molecule has 13 heavy (non-hydrogen) atoms. The first-order chi connectivity index (χ1) is 6.02. The molecular weight excluding hydrogens is 196 g/mol. The predicted molar refractivity (Wildman–Crippen MR) is 45.3 cm³/mol. The number of aliphatic hydroxyl groups is 1. The van der Waals surface area contributed by atoms with Gasteiger partial charge < -0.3 is 9.84 Å². The second kappa shape index (κ2) is 5.88. The van der Waals surface area contributed by atoms with Crippen LogP contribution in [0.25, 0.3) is 0 Å². The highest BCUT2D eigenvalue weighted by Crippen LogP contribution is 1.86. The van der Waals surface area contributed by atoms with Crippen LogP contribution in [0, 0.1) is 11.3 Å². The van der Waals surface area contributed by atoms with E-state index in [4.69, 9.17) is 10.4 Å². The average molecular weight is 208 g/mol. The highest BCUT2D eigenvalue weighted by molar-refractivity contribution is 7.89. The van der Waals surface area contributed by atoms with Gasteiger partial charge in [-0.25, -0.2) is 13.1 Å². The quantitative estimate of drug-likeness (QED) is 0.549. The van der Waals surface area contributed by atoms with Gasteiger partial charge in [0, 0.05) is 13.7 Å². The molecule has 0 aliphatic heterocycles. The van der Waals surface area contributed by atoms with Crippen LogP contribution in [0.4, 0.5) is 0 Å². The van der Waals surface area contributed by atoms with Crippen molar-refractivity contribution in [3.8, 4) is 6.07 Å². The molecule has 0 heterocycles. The molecule has 2 N–H and O–H groups in total. The van der Waals surface area contributed by atoms with Gasteiger partial charge in [0.15, 0.2) is 5.75 Å². The lowest BCUT2D eigenvalue weighted by Gasteiger charge is -2.09. The van der Waals surface area contributed by atoms with Gasteiger partial charge in [0.05, 0.1) is 18.8 Å². The van der Waals surface area contributed by atoms with E-state index in [1.807, 2.05) is 0 Å². The summed E-state index contributed by atoms with van der Waals surface area (Å²) in [4.78, 5) is 0. The Morgan fingerprint density at radius 3 is 2.77 bits per heavy atom. The molecule has 0 radical (unpaired) electrons. The molecule has 0 amide bonds. The molecule has 0 fully saturated rings. The van der Waals surface area contributed by atoms with E-state index in [0.29, 0.717) is 0 Å². The van der Waals surface area contributed by atoms with Gasteiger partial charge in [-0.2, -0.15) is 5.26 Å². The smallest absolute Gasteiger partial charge is 0.225 e. The summed E-state index contributed by atoms with van der Waals surface area (Å²) in [7, 11) is -2.18. The molecule has 0 aromatic carbocycles. The molecule has 0 aliphatic rings. The van der Waals surface area contributed by atoms with Crippen LogP contribution in [0.5, 0.6) is 0 Å². The third-order valence-corrected chi connectivity index (χ3v) is 2.27. The van der Waals surface area contributed by atoms with Crippen LogP contribution in [-0.2, 0) is 14.8 Å². The summed E-state index contributed by atoms with van der Waals surface area (Å²) in [6, 6.07) is 1.50. The van der Waals surface area contributed by atoms with Gasteiger partial charge >= 0.3 is 0 Å².